The highest BCUT2D eigenvalue weighted by Gasteiger charge is 2.41. The Labute approximate surface area is 133 Å². The minimum absolute atomic E-state index is 0.0429. The second kappa shape index (κ2) is 6.23. The SMILES string of the molecule is C[C@H]1CNCCN1C(=O)C1CCN(c2ccc(F)c(F)c2)C1=O. The third-order valence-electron chi connectivity index (χ3n) is 4.50. The van der Waals surface area contributed by atoms with Crippen LogP contribution in [0.15, 0.2) is 18.2 Å². The van der Waals surface area contributed by atoms with Crippen molar-refractivity contribution in [3.63, 3.8) is 0 Å². The summed E-state index contributed by atoms with van der Waals surface area (Å²) in [5.74, 6) is -3.20. The molecule has 2 amide bonds. The molecule has 1 N–H and O–H groups in total. The summed E-state index contributed by atoms with van der Waals surface area (Å²) in [6, 6.07) is 3.39. The van der Waals surface area contributed by atoms with Crippen molar-refractivity contribution in [2.75, 3.05) is 31.1 Å². The van der Waals surface area contributed by atoms with Gasteiger partial charge in [0.1, 0.15) is 5.92 Å². The first kappa shape index (κ1) is 15.9. The number of anilines is 1. The molecule has 0 radical (unpaired) electrons. The number of nitrogens with one attached hydrogen (secondary N) is 1. The van der Waals surface area contributed by atoms with Gasteiger partial charge in [-0.1, -0.05) is 0 Å². The molecule has 2 aliphatic heterocycles. The highest BCUT2D eigenvalue weighted by atomic mass is 19.2. The van der Waals surface area contributed by atoms with Crippen LogP contribution in [0.1, 0.15) is 13.3 Å². The fourth-order valence-electron chi connectivity index (χ4n) is 3.19. The van der Waals surface area contributed by atoms with Crippen LogP contribution in [0, 0.1) is 17.6 Å². The Balaban J connectivity index is 1.75. The normalized spacial score (nSPS) is 25.1. The number of rotatable bonds is 2. The van der Waals surface area contributed by atoms with E-state index >= 15 is 0 Å². The number of carbonyl (C=O) groups is 2. The van der Waals surface area contributed by atoms with E-state index in [2.05, 4.69) is 5.32 Å². The van der Waals surface area contributed by atoms with Gasteiger partial charge in [0.05, 0.1) is 0 Å². The lowest BCUT2D eigenvalue weighted by Gasteiger charge is -2.35. The maximum absolute atomic E-state index is 13.4. The van der Waals surface area contributed by atoms with Crippen LogP contribution >= 0.6 is 0 Å². The van der Waals surface area contributed by atoms with E-state index < -0.39 is 17.6 Å². The van der Waals surface area contributed by atoms with Crippen LogP contribution in [0.25, 0.3) is 0 Å². The molecule has 1 aromatic rings. The molecule has 23 heavy (non-hydrogen) atoms. The molecule has 0 spiro atoms. The van der Waals surface area contributed by atoms with E-state index in [1.165, 1.54) is 11.0 Å². The van der Waals surface area contributed by atoms with E-state index in [1.54, 1.807) is 4.90 Å². The van der Waals surface area contributed by atoms with Gasteiger partial charge in [-0.05, 0) is 25.5 Å². The fraction of sp³-hybridized carbons (Fsp3) is 0.500. The van der Waals surface area contributed by atoms with Gasteiger partial charge in [0.25, 0.3) is 0 Å². The Morgan fingerprint density at radius 2 is 2.04 bits per heavy atom. The van der Waals surface area contributed by atoms with Crippen molar-refractivity contribution in [1.29, 1.82) is 0 Å². The van der Waals surface area contributed by atoms with Crippen molar-refractivity contribution in [2.45, 2.75) is 19.4 Å². The van der Waals surface area contributed by atoms with Crippen LogP contribution in [0.4, 0.5) is 14.5 Å². The molecule has 0 aliphatic carbocycles. The zero-order chi connectivity index (χ0) is 16.6. The van der Waals surface area contributed by atoms with Gasteiger partial charge in [-0.3, -0.25) is 9.59 Å². The number of halogens is 2. The summed E-state index contributed by atoms with van der Waals surface area (Å²) >= 11 is 0. The summed E-state index contributed by atoms with van der Waals surface area (Å²) in [5, 5.41) is 3.20. The van der Waals surface area contributed by atoms with Crippen molar-refractivity contribution in [2.24, 2.45) is 5.92 Å². The van der Waals surface area contributed by atoms with Crippen LogP contribution in [0.5, 0.6) is 0 Å². The molecule has 1 unspecified atom stereocenters. The third-order valence-corrected chi connectivity index (χ3v) is 4.50. The fourth-order valence-corrected chi connectivity index (χ4v) is 3.19. The number of piperazine rings is 1. The molecule has 2 atom stereocenters. The van der Waals surface area contributed by atoms with Gasteiger partial charge < -0.3 is 15.1 Å². The standard InChI is InChI=1S/C16H19F2N3O2/c1-10-9-19-5-7-20(10)15(22)12-4-6-21(16(12)23)11-2-3-13(17)14(18)8-11/h2-3,8,10,12,19H,4-7,9H2,1H3/t10-,12?/m0/s1. The van der Waals surface area contributed by atoms with Gasteiger partial charge in [0, 0.05) is 44.0 Å². The molecule has 1 aromatic carbocycles. The van der Waals surface area contributed by atoms with E-state index in [4.69, 9.17) is 0 Å². The molecule has 2 heterocycles. The van der Waals surface area contributed by atoms with Crippen molar-refractivity contribution >= 4 is 17.5 Å². The van der Waals surface area contributed by atoms with Crippen molar-refractivity contribution in [3.05, 3.63) is 29.8 Å². The second-order valence-corrected chi connectivity index (χ2v) is 6.01. The number of nitrogens with zero attached hydrogens (tertiary/aromatic N) is 2. The molecule has 0 saturated carbocycles. The third kappa shape index (κ3) is 2.93. The average molecular weight is 323 g/mol. The van der Waals surface area contributed by atoms with Crippen molar-refractivity contribution in [3.8, 4) is 0 Å². The average Bonchev–Trinajstić information content (AvgIpc) is 2.91. The molecular formula is C16H19F2N3O2. The zero-order valence-corrected chi connectivity index (χ0v) is 12.9. The monoisotopic (exact) mass is 323 g/mol. The van der Waals surface area contributed by atoms with Gasteiger partial charge in [-0.15, -0.1) is 0 Å². The first-order chi connectivity index (χ1) is 11.0. The van der Waals surface area contributed by atoms with E-state index in [0.717, 1.165) is 12.1 Å². The molecule has 7 heteroatoms. The van der Waals surface area contributed by atoms with E-state index in [9.17, 15) is 18.4 Å². The molecule has 2 saturated heterocycles. The van der Waals surface area contributed by atoms with Crippen LogP contribution < -0.4 is 10.2 Å². The summed E-state index contributed by atoms with van der Waals surface area (Å²) in [6.07, 6.45) is 0.396. The molecule has 3 rings (SSSR count). The lowest BCUT2D eigenvalue weighted by atomic mass is 10.0. The molecule has 2 fully saturated rings. The predicted octanol–water partition coefficient (Wildman–Crippen LogP) is 1.14. The van der Waals surface area contributed by atoms with Crippen LogP contribution in [-0.2, 0) is 9.59 Å². The topological polar surface area (TPSA) is 52.7 Å². The summed E-state index contributed by atoms with van der Waals surface area (Å²) in [5.41, 5.74) is 0.289. The minimum Gasteiger partial charge on any atom is -0.337 e. The Bertz CT molecular complexity index is 638. The van der Waals surface area contributed by atoms with Crippen LogP contribution in [-0.4, -0.2) is 48.9 Å². The highest BCUT2D eigenvalue weighted by Crippen LogP contribution is 2.28. The lowest BCUT2D eigenvalue weighted by molar-refractivity contribution is -0.142. The van der Waals surface area contributed by atoms with Crippen molar-refractivity contribution in [1.82, 2.24) is 10.2 Å². The number of carbonyl (C=O) groups excluding carboxylic acids is 2. The summed E-state index contributed by atoms with van der Waals surface area (Å²) < 4.78 is 26.4. The van der Waals surface area contributed by atoms with E-state index in [-0.39, 0.29) is 23.5 Å². The Kier molecular flexibility index (Phi) is 4.30. The first-order valence-corrected chi connectivity index (χ1v) is 7.76. The molecule has 0 bridgehead atoms. The van der Waals surface area contributed by atoms with Gasteiger partial charge >= 0.3 is 0 Å². The number of benzene rings is 1. The van der Waals surface area contributed by atoms with Gasteiger partial charge in [0.15, 0.2) is 11.6 Å². The summed E-state index contributed by atoms with van der Waals surface area (Å²) in [4.78, 5) is 28.3. The van der Waals surface area contributed by atoms with Crippen molar-refractivity contribution < 1.29 is 18.4 Å². The zero-order valence-electron chi connectivity index (χ0n) is 12.9. The number of hydrogen-bond donors (Lipinski definition) is 1. The van der Waals surface area contributed by atoms with Gasteiger partial charge in [-0.2, -0.15) is 0 Å². The first-order valence-electron chi connectivity index (χ1n) is 7.76. The summed E-state index contributed by atoms with van der Waals surface area (Å²) in [7, 11) is 0. The second-order valence-electron chi connectivity index (χ2n) is 6.01. The largest absolute Gasteiger partial charge is 0.337 e. The lowest BCUT2D eigenvalue weighted by Crippen LogP contribution is -2.54. The van der Waals surface area contributed by atoms with Gasteiger partial charge in [-0.25, -0.2) is 8.78 Å². The molecular weight excluding hydrogens is 304 g/mol. The Hall–Kier alpha value is -2.02. The molecule has 5 nitrogen and oxygen atoms in total. The quantitative estimate of drug-likeness (QED) is 0.831. The molecule has 124 valence electrons. The van der Waals surface area contributed by atoms with E-state index in [0.29, 0.717) is 32.6 Å². The Morgan fingerprint density at radius 1 is 1.26 bits per heavy atom. The number of amides is 2. The predicted molar refractivity (Wildman–Crippen MR) is 80.9 cm³/mol. The molecule has 0 aromatic heterocycles. The van der Waals surface area contributed by atoms with Gasteiger partial charge in [0.2, 0.25) is 11.8 Å². The van der Waals surface area contributed by atoms with E-state index in [1.807, 2.05) is 6.92 Å². The van der Waals surface area contributed by atoms with Crippen LogP contribution in [0.3, 0.4) is 0 Å². The molecule has 2 aliphatic rings. The maximum Gasteiger partial charge on any atom is 0.239 e. The number of hydrogen-bond acceptors (Lipinski definition) is 3. The highest BCUT2D eigenvalue weighted by molar-refractivity contribution is 6.09. The Morgan fingerprint density at radius 3 is 2.74 bits per heavy atom. The smallest absolute Gasteiger partial charge is 0.239 e. The minimum atomic E-state index is -0.999. The summed E-state index contributed by atoms with van der Waals surface area (Å²) in [6.45, 7) is 4.27. The van der Waals surface area contributed by atoms with Crippen LogP contribution in [0.2, 0.25) is 0 Å². The maximum atomic E-state index is 13.4.